The Kier molecular flexibility index (Phi) is 4.41. The molecule has 110 valence electrons. The normalized spacial score (nSPS) is 18.9. The Morgan fingerprint density at radius 1 is 1.35 bits per heavy atom. The average Bonchev–Trinajstić information content (AvgIpc) is 2.38. The van der Waals surface area contributed by atoms with E-state index in [9.17, 15) is 18.7 Å². The summed E-state index contributed by atoms with van der Waals surface area (Å²) in [5.74, 6) is -3.58. The Bertz CT molecular complexity index is 487. The summed E-state index contributed by atoms with van der Waals surface area (Å²) >= 11 is 0. The van der Waals surface area contributed by atoms with Gasteiger partial charge < -0.3 is 5.11 Å². The summed E-state index contributed by atoms with van der Waals surface area (Å²) < 4.78 is 26.5. The quantitative estimate of drug-likeness (QED) is 0.874. The number of benzene rings is 1. The summed E-state index contributed by atoms with van der Waals surface area (Å²) in [6.45, 7) is 2.00. The standard InChI is InChI=1S/C16H20F2O2/c1-2-4-12-5-3-6-13(14(12)15(19)20)11-7-9-16(17,18)10-8-11/h3,5-6,11H,2,4,7-10H2,1H3,(H,19,20). The van der Waals surface area contributed by atoms with E-state index < -0.39 is 11.9 Å². The van der Waals surface area contributed by atoms with Crippen molar-refractivity contribution < 1.29 is 18.7 Å². The average molecular weight is 282 g/mol. The van der Waals surface area contributed by atoms with Crippen LogP contribution in [0.3, 0.4) is 0 Å². The molecule has 0 bridgehead atoms. The van der Waals surface area contributed by atoms with Crippen molar-refractivity contribution in [3.05, 3.63) is 34.9 Å². The molecule has 2 nitrogen and oxygen atoms in total. The van der Waals surface area contributed by atoms with Gasteiger partial charge in [-0.25, -0.2) is 13.6 Å². The number of carbonyl (C=O) groups is 1. The van der Waals surface area contributed by atoms with Crippen molar-refractivity contribution in [1.29, 1.82) is 0 Å². The van der Waals surface area contributed by atoms with E-state index in [1.165, 1.54) is 0 Å². The van der Waals surface area contributed by atoms with Crippen molar-refractivity contribution >= 4 is 5.97 Å². The number of alkyl halides is 2. The van der Waals surface area contributed by atoms with Gasteiger partial charge in [-0.05, 0) is 36.3 Å². The van der Waals surface area contributed by atoms with E-state index in [2.05, 4.69) is 0 Å². The first-order chi connectivity index (χ1) is 9.44. The number of hydrogen-bond donors (Lipinski definition) is 1. The van der Waals surface area contributed by atoms with Gasteiger partial charge in [0, 0.05) is 12.8 Å². The van der Waals surface area contributed by atoms with E-state index in [4.69, 9.17) is 0 Å². The molecule has 20 heavy (non-hydrogen) atoms. The molecule has 0 radical (unpaired) electrons. The highest BCUT2D eigenvalue weighted by atomic mass is 19.3. The van der Waals surface area contributed by atoms with E-state index in [-0.39, 0.29) is 18.8 Å². The van der Waals surface area contributed by atoms with Gasteiger partial charge in [0.15, 0.2) is 0 Å². The summed E-state index contributed by atoms with van der Waals surface area (Å²) in [7, 11) is 0. The Morgan fingerprint density at radius 2 is 2.00 bits per heavy atom. The number of carboxylic acid groups (broad SMARTS) is 1. The van der Waals surface area contributed by atoms with E-state index in [0.717, 1.165) is 17.5 Å². The van der Waals surface area contributed by atoms with Crippen molar-refractivity contribution in [1.82, 2.24) is 0 Å². The number of hydrogen-bond acceptors (Lipinski definition) is 1. The minimum atomic E-state index is -2.58. The molecule has 0 saturated heterocycles. The van der Waals surface area contributed by atoms with Crippen molar-refractivity contribution in [2.75, 3.05) is 0 Å². The second kappa shape index (κ2) is 5.90. The second-order valence-electron chi connectivity index (χ2n) is 5.57. The monoisotopic (exact) mass is 282 g/mol. The molecule has 1 aromatic rings. The lowest BCUT2D eigenvalue weighted by Crippen LogP contribution is -2.24. The van der Waals surface area contributed by atoms with Gasteiger partial charge in [0.1, 0.15) is 0 Å². The molecule has 0 unspecified atom stereocenters. The lowest BCUT2D eigenvalue weighted by atomic mass is 9.79. The van der Waals surface area contributed by atoms with Gasteiger partial charge in [-0.1, -0.05) is 31.5 Å². The molecule has 1 aromatic carbocycles. The van der Waals surface area contributed by atoms with Gasteiger partial charge in [-0.15, -0.1) is 0 Å². The fourth-order valence-electron chi connectivity index (χ4n) is 3.05. The SMILES string of the molecule is CCCc1cccc(C2CCC(F)(F)CC2)c1C(=O)O. The van der Waals surface area contributed by atoms with Crippen LogP contribution < -0.4 is 0 Å². The molecule has 0 spiro atoms. The van der Waals surface area contributed by atoms with Crippen LogP contribution in [-0.4, -0.2) is 17.0 Å². The van der Waals surface area contributed by atoms with E-state index in [1.54, 1.807) is 6.07 Å². The van der Waals surface area contributed by atoms with Crippen LogP contribution in [0.25, 0.3) is 0 Å². The Hall–Kier alpha value is -1.45. The van der Waals surface area contributed by atoms with Gasteiger partial charge in [-0.2, -0.15) is 0 Å². The van der Waals surface area contributed by atoms with Crippen molar-refractivity contribution in [3.8, 4) is 0 Å². The van der Waals surface area contributed by atoms with Gasteiger partial charge in [0.2, 0.25) is 5.92 Å². The first-order valence-electron chi connectivity index (χ1n) is 7.17. The maximum atomic E-state index is 13.2. The summed E-state index contributed by atoms with van der Waals surface area (Å²) in [6.07, 6.45) is 2.01. The largest absolute Gasteiger partial charge is 0.478 e. The zero-order valence-electron chi connectivity index (χ0n) is 11.7. The van der Waals surface area contributed by atoms with Crippen molar-refractivity contribution in [2.45, 2.75) is 57.3 Å². The fraction of sp³-hybridized carbons (Fsp3) is 0.562. The lowest BCUT2D eigenvalue weighted by molar-refractivity contribution is -0.0382. The highest BCUT2D eigenvalue weighted by Crippen LogP contribution is 2.42. The van der Waals surface area contributed by atoms with E-state index in [1.807, 2.05) is 19.1 Å². The van der Waals surface area contributed by atoms with Crippen LogP contribution in [0.15, 0.2) is 18.2 Å². The maximum Gasteiger partial charge on any atom is 0.336 e. The zero-order valence-corrected chi connectivity index (χ0v) is 11.7. The number of aryl methyl sites for hydroxylation is 1. The predicted octanol–water partition coefficient (Wildman–Crippen LogP) is 4.63. The van der Waals surface area contributed by atoms with Crippen LogP contribution in [0.1, 0.15) is 66.4 Å². The Morgan fingerprint density at radius 3 is 2.55 bits per heavy atom. The van der Waals surface area contributed by atoms with Crippen LogP contribution in [0.4, 0.5) is 8.78 Å². The summed E-state index contributed by atoms with van der Waals surface area (Å²) in [5.41, 5.74) is 1.89. The molecule has 4 heteroatoms. The Labute approximate surface area is 117 Å². The predicted molar refractivity (Wildman–Crippen MR) is 73.6 cm³/mol. The molecule has 1 aliphatic rings. The van der Waals surface area contributed by atoms with Crippen LogP contribution >= 0.6 is 0 Å². The van der Waals surface area contributed by atoms with Gasteiger partial charge >= 0.3 is 5.97 Å². The number of carboxylic acids is 1. The van der Waals surface area contributed by atoms with Gasteiger partial charge in [0.05, 0.1) is 5.56 Å². The highest BCUT2D eigenvalue weighted by Gasteiger charge is 2.36. The van der Waals surface area contributed by atoms with Gasteiger partial charge in [0.25, 0.3) is 0 Å². The van der Waals surface area contributed by atoms with Crippen LogP contribution in [0.2, 0.25) is 0 Å². The third kappa shape index (κ3) is 3.17. The molecule has 2 rings (SSSR count). The fourth-order valence-corrected chi connectivity index (χ4v) is 3.05. The van der Waals surface area contributed by atoms with Crippen molar-refractivity contribution in [3.63, 3.8) is 0 Å². The molecule has 1 aliphatic carbocycles. The second-order valence-corrected chi connectivity index (χ2v) is 5.57. The molecule has 0 aliphatic heterocycles. The molecular formula is C16H20F2O2. The lowest BCUT2D eigenvalue weighted by Gasteiger charge is -2.29. The summed E-state index contributed by atoms with van der Waals surface area (Å²) in [6, 6.07) is 5.46. The van der Waals surface area contributed by atoms with E-state index in [0.29, 0.717) is 24.8 Å². The smallest absolute Gasteiger partial charge is 0.336 e. The highest BCUT2D eigenvalue weighted by molar-refractivity contribution is 5.91. The molecule has 0 heterocycles. The topological polar surface area (TPSA) is 37.3 Å². The summed E-state index contributed by atoms with van der Waals surface area (Å²) in [4.78, 5) is 11.5. The molecular weight excluding hydrogens is 262 g/mol. The van der Waals surface area contributed by atoms with Crippen LogP contribution in [-0.2, 0) is 6.42 Å². The first kappa shape index (κ1) is 14.9. The zero-order chi connectivity index (χ0) is 14.8. The molecule has 0 aromatic heterocycles. The minimum Gasteiger partial charge on any atom is -0.478 e. The Balaban J connectivity index is 2.32. The molecule has 1 saturated carbocycles. The van der Waals surface area contributed by atoms with E-state index >= 15 is 0 Å². The molecule has 1 N–H and O–H groups in total. The van der Waals surface area contributed by atoms with Gasteiger partial charge in [-0.3, -0.25) is 0 Å². The maximum absolute atomic E-state index is 13.2. The number of aromatic carboxylic acids is 1. The number of rotatable bonds is 4. The number of halogens is 2. The molecule has 0 atom stereocenters. The third-order valence-electron chi connectivity index (χ3n) is 4.07. The molecule has 0 amide bonds. The first-order valence-corrected chi connectivity index (χ1v) is 7.17. The minimum absolute atomic E-state index is 0.0578. The van der Waals surface area contributed by atoms with Crippen molar-refractivity contribution in [2.24, 2.45) is 0 Å². The third-order valence-corrected chi connectivity index (χ3v) is 4.07. The summed E-state index contributed by atoms with van der Waals surface area (Å²) in [5, 5.41) is 9.46. The molecule has 1 fully saturated rings. The van der Waals surface area contributed by atoms with Crippen LogP contribution in [0.5, 0.6) is 0 Å². The van der Waals surface area contributed by atoms with Crippen LogP contribution in [0, 0.1) is 0 Å².